The molecule has 3 rings (SSSR count). The van der Waals surface area contributed by atoms with E-state index in [2.05, 4.69) is 4.98 Å². The fourth-order valence-electron chi connectivity index (χ4n) is 2.92. The summed E-state index contributed by atoms with van der Waals surface area (Å²) in [5.41, 5.74) is 0.203. The fourth-order valence-corrected chi connectivity index (χ4v) is 4.19. The first-order valence-corrected chi connectivity index (χ1v) is 10.4. The van der Waals surface area contributed by atoms with Crippen LogP contribution in [0.25, 0.3) is 10.2 Å². The average molecular weight is 501 g/mol. The number of carbonyl (C=O) groups excluding carboxylic acids is 1. The highest BCUT2D eigenvalue weighted by atomic mass is 35.5. The predicted molar refractivity (Wildman–Crippen MR) is 128 cm³/mol. The van der Waals surface area contributed by atoms with E-state index in [0.29, 0.717) is 22.2 Å². The number of anilines is 1. The smallest absolute Gasteiger partial charge is 0.286 e. The van der Waals surface area contributed by atoms with Gasteiger partial charge in [-0.2, -0.15) is 0 Å². The normalized spacial score (nSPS) is 10.7. The molecule has 0 atom stereocenters. The van der Waals surface area contributed by atoms with Crippen LogP contribution < -0.4 is 14.4 Å². The number of nitro groups is 1. The number of nitro benzene ring substituents is 1. The molecule has 0 radical (unpaired) electrons. The molecule has 12 heteroatoms. The van der Waals surface area contributed by atoms with E-state index in [4.69, 9.17) is 21.1 Å². The zero-order valence-corrected chi connectivity index (χ0v) is 20.2. The Morgan fingerprint density at radius 2 is 1.81 bits per heavy atom. The number of fused-ring (bicyclic) bond motifs is 1. The molecule has 32 heavy (non-hydrogen) atoms. The molecule has 2 aromatic carbocycles. The first-order valence-electron chi connectivity index (χ1n) is 9.18. The lowest BCUT2D eigenvalue weighted by Crippen LogP contribution is -2.37. The van der Waals surface area contributed by atoms with Crippen LogP contribution in [0.5, 0.6) is 11.5 Å². The van der Waals surface area contributed by atoms with Crippen molar-refractivity contribution in [1.82, 2.24) is 9.88 Å². The van der Waals surface area contributed by atoms with Crippen LogP contribution in [0.4, 0.5) is 10.8 Å². The van der Waals surface area contributed by atoms with Crippen molar-refractivity contribution >= 4 is 62.3 Å². The van der Waals surface area contributed by atoms with Gasteiger partial charge in [0, 0.05) is 24.2 Å². The maximum absolute atomic E-state index is 13.5. The Labute approximate surface area is 200 Å². The van der Waals surface area contributed by atoms with Crippen LogP contribution in [0.15, 0.2) is 30.3 Å². The van der Waals surface area contributed by atoms with Crippen molar-refractivity contribution < 1.29 is 19.2 Å². The van der Waals surface area contributed by atoms with Crippen LogP contribution in [0.1, 0.15) is 10.4 Å². The Hall–Kier alpha value is -2.66. The van der Waals surface area contributed by atoms with E-state index in [0.717, 1.165) is 4.70 Å². The summed E-state index contributed by atoms with van der Waals surface area (Å²) < 4.78 is 11.2. The van der Waals surface area contributed by atoms with Crippen LogP contribution in [-0.4, -0.2) is 62.1 Å². The van der Waals surface area contributed by atoms with Gasteiger partial charge in [-0.3, -0.25) is 19.8 Å². The van der Waals surface area contributed by atoms with Crippen LogP contribution in [0.2, 0.25) is 5.02 Å². The Balaban J connectivity index is 0.00000363. The maximum Gasteiger partial charge on any atom is 0.286 e. The van der Waals surface area contributed by atoms with Gasteiger partial charge in [0.15, 0.2) is 16.6 Å². The fraction of sp³-hybridized carbons (Fsp3) is 0.300. The Kier molecular flexibility index (Phi) is 8.62. The van der Waals surface area contributed by atoms with Crippen LogP contribution in [0.3, 0.4) is 0 Å². The average Bonchev–Trinajstić information content (AvgIpc) is 3.14. The van der Waals surface area contributed by atoms with E-state index >= 15 is 0 Å². The third-order valence-electron chi connectivity index (χ3n) is 4.52. The maximum atomic E-state index is 13.5. The third kappa shape index (κ3) is 5.39. The van der Waals surface area contributed by atoms with Crippen molar-refractivity contribution in [2.45, 2.75) is 0 Å². The Morgan fingerprint density at radius 3 is 2.41 bits per heavy atom. The highest BCUT2D eigenvalue weighted by Crippen LogP contribution is 2.37. The molecule has 0 bridgehead atoms. The van der Waals surface area contributed by atoms with Gasteiger partial charge in [-0.1, -0.05) is 22.9 Å². The second-order valence-electron chi connectivity index (χ2n) is 6.85. The standard InChI is InChI=1S/C20H21ClN4O5S.ClH/c1-23(2)7-8-24(20-22-14-6-5-12(21)9-18(14)31-20)19(26)13-10-16(29-3)17(30-4)11-15(13)25(27)28;/h5-6,9-11H,7-8H2,1-4H3;1H. The monoisotopic (exact) mass is 500 g/mol. The minimum absolute atomic E-state index is 0. The van der Waals surface area contributed by atoms with Gasteiger partial charge in [0.1, 0.15) is 5.56 Å². The highest BCUT2D eigenvalue weighted by Gasteiger charge is 2.30. The van der Waals surface area contributed by atoms with E-state index in [9.17, 15) is 14.9 Å². The molecule has 0 saturated heterocycles. The van der Waals surface area contributed by atoms with Crippen molar-refractivity contribution in [1.29, 1.82) is 0 Å². The number of ether oxygens (including phenoxy) is 2. The predicted octanol–water partition coefficient (Wildman–Crippen LogP) is 4.51. The molecule has 3 aromatic rings. The number of likely N-dealkylation sites (N-methyl/N-ethyl adjacent to an activating group) is 1. The topological polar surface area (TPSA) is 98.0 Å². The Bertz CT molecular complexity index is 1140. The van der Waals surface area contributed by atoms with Gasteiger partial charge in [0.05, 0.1) is 35.4 Å². The van der Waals surface area contributed by atoms with E-state index in [1.807, 2.05) is 19.0 Å². The first-order chi connectivity index (χ1) is 14.7. The summed E-state index contributed by atoms with van der Waals surface area (Å²) >= 11 is 7.37. The molecule has 0 fully saturated rings. The molecule has 0 saturated carbocycles. The number of halogens is 2. The molecular formula is C20H22Cl2N4O5S. The zero-order valence-electron chi connectivity index (χ0n) is 17.8. The molecule has 0 aliphatic carbocycles. The number of aromatic nitrogens is 1. The molecule has 0 aliphatic rings. The zero-order chi connectivity index (χ0) is 22.7. The summed E-state index contributed by atoms with van der Waals surface area (Å²) in [5.74, 6) is -0.167. The highest BCUT2D eigenvalue weighted by molar-refractivity contribution is 7.22. The number of carbonyl (C=O) groups is 1. The lowest BCUT2D eigenvalue weighted by atomic mass is 10.1. The van der Waals surface area contributed by atoms with Crippen LogP contribution in [0, 0.1) is 10.1 Å². The summed E-state index contributed by atoms with van der Waals surface area (Å²) in [4.78, 5) is 32.5. The minimum Gasteiger partial charge on any atom is -0.493 e. The summed E-state index contributed by atoms with van der Waals surface area (Å²) in [5, 5.41) is 12.7. The van der Waals surface area contributed by atoms with Gasteiger partial charge >= 0.3 is 0 Å². The van der Waals surface area contributed by atoms with Crippen molar-refractivity contribution in [3.8, 4) is 11.5 Å². The molecule has 0 spiro atoms. The number of hydrogen-bond donors (Lipinski definition) is 0. The lowest BCUT2D eigenvalue weighted by Gasteiger charge is -2.22. The molecule has 0 N–H and O–H groups in total. The molecule has 1 aromatic heterocycles. The summed E-state index contributed by atoms with van der Waals surface area (Å²) in [7, 11) is 6.52. The number of amides is 1. The van der Waals surface area contributed by atoms with Gasteiger partial charge in [0.2, 0.25) is 0 Å². The van der Waals surface area contributed by atoms with Crippen molar-refractivity contribution in [3.05, 3.63) is 51.0 Å². The van der Waals surface area contributed by atoms with E-state index < -0.39 is 10.8 Å². The third-order valence-corrected chi connectivity index (χ3v) is 5.79. The van der Waals surface area contributed by atoms with E-state index in [-0.39, 0.29) is 41.7 Å². The number of nitrogens with zero attached hydrogens (tertiary/aromatic N) is 4. The molecule has 172 valence electrons. The van der Waals surface area contributed by atoms with Gasteiger partial charge in [-0.15, -0.1) is 12.4 Å². The first kappa shape index (κ1) is 25.6. The van der Waals surface area contributed by atoms with Crippen LogP contribution in [-0.2, 0) is 0 Å². The second-order valence-corrected chi connectivity index (χ2v) is 8.30. The van der Waals surface area contributed by atoms with Crippen molar-refractivity contribution in [2.75, 3.05) is 46.3 Å². The largest absolute Gasteiger partial charge is 0.493 e. The van der Waals surface area contributed by atoms with Crippen molar-refractivity contribution in [3.63, 3.8) is 0 Å². The van der Waals surface area contributed by atoms with E-state index in [1.165, 1.54) is 42.6 Å². The van der Waals surface area contributed by atoms with Gasteiger partial charge in [-0.25, -0.2) is 4.98 Å². The number of benzene rings is 2. The molecule has 1 amide bonds. The number of rotatable bonds is 8. The van der Waals surface area contributed by atoms with Gasteiger partial charge in [0.25, 0.3) is 11.6 Å². The number of thiazole rings is 1. The number of hydrogen-bond acceptors (Lipinski definition) is 8. The number of methoxy groups -OCH3 is 2. The van der Waals surface area contributed by atoms with Gasteiger partial charge < -0.3 is 14.4 Å². The van der Waals surface area contributed by atoms with Crippen molar-refractivity contribution in [2.24, 2.45) is 0 Å². The molecule has 0 aliphatic heterocycles. The molecule has 9 nitrogen and oxygen atoms in total. The Morgan fingerprint density at radius 1 is 1.16 bits per heavy atom. The van der Waals surface area contributed by atoms with Gasteiger partial charge in [-0.05, 0) is 32.3 Å². The molecule has 1 heterocycles. The second kappa shape index (κ2) is 10.8. The molecular weight excluding hydrogens is 479 g/mol. The SMILES string of the molecule is COc1cc(C(=O)N(CCN(C)C)c2nc3ccc(Cl)cc3s2)c([N+](=O)[O-])cc1OC.Cl. The summed E-state index contributed by atoms with van der Waals surface area (Å²) in [6, 6.07) is 7.77. The summed E-state index contributed by atoms with van der Waals surface area (Å²) in [6.45, 7) is 0.814. The molecule has 0 unspecified atom stereocenters. The minimum atomic E-state index is -0.614. The quantitative estimate of drug-likeness (QED) is 0.331. The lowest BCUT2D eigenvalue weighted by molar-refractivity contribution is -0.385. The van der Waals surface area contributed by atoms with E-state index in [1.54, 1.807) is 18.2 Å². The summed E-state index contributed by atoms with van der Waals surface area (Å²) in [6.07, 6.45) is 0. The van der Waals surface area contributed by atoms with Crippen LogP contribution >= 0.6 is 35.3 Å².